The Bertz CT molecular complexity index is 1470. The van der Waals surface area contributed by atoms with Gasteiger partial charge in [-0.1, -0.05) is 59.8 Å². The van der Waals surface area contributed by atoms with Gasteiger partial charge in [-0.05, 0) is 48.5 Å². The van der Waals surface area contributed by atoms with Crippen molar-refractivity contribution in [2.75, 3.05) is 23.9 Å². The molecule has 5 rings (SSSR count). The molecule has 4 nitrogen and oxygen atoms in total. The molecule has 3 aromatic carbocycles. The van der Waals surface area contributed by atoms with E-state index in [1.165, 1.54) is 17.8 Å². The van der Waals surface area contributed by atoms with Gasteiger partial charge in [0.25, 0.3) is 5.91 Å². The van der Waals surface area contributed by atoms with E-state index in [0.717, 1.165) is 27.8 Å². The zero-order valence-corrected chi connectivity index (χ0v) is 21.4. The van der Waals surface area contributed by atoms with Crippen LogP contribution in [0.2, 0.25) is 5.02 Å². The second kappa shape index (κ2) is 9.49. The molecule has 2 heterocycles. The summed E-state index contributed by atoms with van der Waals surface area (Å²) in [6.07, 6.45) is 3.78. The zero-order valence-electron chi connectivity index (χ0n) is 19.0. The Morgan fingerprint density at radius 3 is 2.51 bits per heavy atom. The van der Waals surface area contributed by atoms with Crippen LogP contribution in [-0.2, 0) is 11.3 Å². The summed E-state index contributed by atoms with van der Waals surface area (Å²) >= 11 is 13.1. The van der Waals surface area contributed by atoms with E-state index in [4.69, 9.17) is 23.8 Å². The monoisotopic (exact) mass is 521 g/mol. The number of anilines is 2. The number of para-hydroxylation sites is 1. The van der Waals surface area contributed by atoms with Gasteiger partial charge in [0.05, 0.1) is 17.1 Å². The van der Waals surface area contributed by atoms with Crippen LogP contribution in [0.3, 0.4) is 0 Å². The second-order valence-electron chi connectivity index (χ2n) is 8.36. The lowest BCUT2D eigenvalue weighted by Crippen LogP contribution is -2.27. The number of hydrogen-bond donors (Lipinski definition) is 0. The van der Waals surface area contributed by atoms with Gasteiger partial charge in [-0.3, -0.25) is 9.69 Å². The van der Waals surface area contributed by atoms with Crippen molar-refractivity contribution in [2.24, 2.45) is 0 Å². The molecule has 0 N–H and O–H groups in total. The number of thiocarbonyl (C=S) groups is 1. The average molecular weight is 522 g/mol. The molecule has 1 amide bonds. The molecule has 176 valence electrons. The van der Waals surface area contributed by atoms with Crippen LogP contribution in [0.1, 0.15) is 11.1 Å². The maximum Gasteiger partial charge on any atom is 0.270 e. The molecule has 0 unspecified atom stereocenters. The van der Waals surface area contributed by atoms with Crippen molar-refractivity contribution in [2.45, 2.75) is 6.54 Å². The molecular weight excluding hydrogens is 501 g/mol. The van der Waals surface area contributed by atoms with Gasteiger partial charge in [0.1, 0.15) is 5.82 Å². The number of halogens is 2. The molecule has 4 aromatic rings. The first-order valence-electron chi connectivity index (χ1n) is 10.9. The molecule has 35 heavy (non-hydrogen) atoms. The highest BCUT2D eigenvalue weighted by atomic mass is 35.5. The maximum absolute atomic E-state index is 14.5. The number of thioether (sulfide) groups is 1. The van der Waals surface area contributed by atoms with Crippen molar-refractivity contribution in [1.29, 1.82) is 0 Å². The van der Waals surface area contributed by atoms with Gasteiger partial charge in [-0.25, -0.2) is 4.39 Å². The third-order valence-electron chi connectivity index (χ3n) is 5.91. The van der Waals surface area contributed by atoms with Gasteiger partial charge < -0.3 is 9.47 Å². The highest BCUT2D eigenvalue weighted by Gasteiger charge is 2.33. The predicted molar refractivity (Wildman–Crippen MR) is 149 cm³/mol. The van der Waals surface area contributed by atoms with Gasteiger partial charge in [-0.15, -0.1) is 0 Å². The molecule has 8 heteroatoms. The summed E-state index contributed by atoms with van der Waals surface area (Å²) in [5.74, 6) is -0.510. The summed E-state index contributed by atoms with van der Waals surface area (Å²) in [6.45, 7) is 0.277. The number of hydrogen-bond acceptors (Lipinski definition) is 4. The van der Waals surface area contributed by atoms with Gasteiger partial charge in [-0.2, -0.15) is 0 Å². The van der Waals surface area contributed by atoms with Crippen LogP contribution in [0.25, 0.3) is 17.0 Å². The summed E-state index contributed by atoms with van der Waals surface area (Å²) < 4.78 is 16.9. The van der Waals surface area contributed by atoms with Gasteiger partial charge in [0, 0.05) is 53.0 Å². The third-order valence-corrected chi connectivity index (χ3v) is 7.57. The van der Waals surface area contributed by atoms with Crippen molar-refractivity contribution < 1.29 is 9.18 Å². The number of carbonyl (C=O) groups is 1. The Hall–Kier alpha value is -3.13. The van der Waals surface area contributed by atoms with Crippen LogP contribution in [-0.4, -0.2) is 28.9 Å². The van der Waals surface area contributed by atoms with Gasteiger partial charge >= 0.3 is 0 Å². The molecule has 1 aliphatic rings. The quantitative estimate of drug-likeness (QED) is 0.210. The van der Waals surface area contributed by atoms with E-state index >= 15 is 0 Å². The van der Waals surface area contributed by atoms with Crippen LogP contribution < -0.4 is 9.80 Å². The van der Waals surface area contributed by atoms with E-state index in [-0.39, 0.29) is 18.3 Å². The van der Waals surface area contributed by atoms with Crippen molar-refractivity contribution >= 4 is 74.2 Å². The van der Waals surface area contributed by atoms with E-state index in [2.05, 4.69) is 0 Å². The number of nitrogens with zero attached hydrogens (tertiary/aromatic N) is 3. The number of aromatic nitrogens is 1. The molecule has 1 aliphatic heterocycles. The highest BCUT2D eigenvalue weighted by molar-refractivity contribution is 8.27. The summed E-state index contributed by atoms with van der Waals surface area (Å²) in [7, 11) is 3.93. The summed E-state index contributed by atoms with van der Waals surface area (Å²) in [5.41, 5.74) is 3.98. The fourth-order valence-corrected chi connectivity index (χ4v) is 5.62. The SMILES string of the molecule is CN(C)c1ccc(N2C(=O)/C(=C\c3cn(Cc4c(F)cccc4Cl)c4ccccc34)SC2=S)cc1. The number of rotatable bonds is 5. The van der Waals surface area contributed by atoms with Crippen molar-refractivity contribution in [3.8, 4) is 0 Å². The maximum atomic E-state index is 14.5. The van der Waals surface area contributed by atoms with E-state index in [0.29, 0.717) is 19.8 Å². The smallest absolute Gasteiger partial charge is 0.270 e. The van der Waals surface area contributed by atoms with Gasteiger partial charge in [0.15, 0.2) is 4.32 Å². The molecule has 0 atom stereocenters. The van der Waals surface area contributed by atoms with Crippen molar-refractivity contribution in [3.63, 3.8) is 0 Å². The third kappa shape index (κ3) is 4.47. The largest absolute Gasteiger partial charge is 0.378 e. The topological polar surface area (TPSA) is 28.5 Å². The molecule has 0 saturated carbocycles. The number of benzene rings is 3. The molecule has 1 aromatic heterocycles. The van der Waals surface area contributed by atoms with Crippen LogP contribution in [0, 0.1) is 5.82 Å². The average Bonchev–Trinajstić information content (AvgIpc) is 3.32. The first kappa shape index (κ1) is 23.6. The van der Waals surface area contributed by atoms with Crippen molar-refractivity contribution in [1.82, 2.24) is 4.57 Å². The van der Waals surface area contributed by atoms with E-state index in [9.17, 15) is 9.18 Å². The first-order chi connectivity index (χ1) is 16.8. The number of amides is 1. The van der Waals surface area contributed by atoms with Gasteiger partial charge in [0.2, 0.25) is 0 Å². The lowest BCUT2D eigenvalue weighted by atomic mass is 10.1. The normalized spacial score (nSPS) is 15.0. The highest BCUT2D eigenvalue weighted by Crippen LogP contribution is 2.38. The lowest BCUT2D eigenvalue weighted by Gasteiger charge is -2.17. The molecule has 0 bridgehead atoms. The van der Waals surface area contributed by atoms with Crippen LogP contribution >= 0.6 is 35.6 Å². The summed E-state index contributed by atoms with van der Waals surface area (Å²) in [4.78, 5) is 17.4. The Morgan fingerprint density at radius 1 is 1.06 bits per heavy atom. The first-order valence-corrected chi connectivity index (χ1v) is 12.5. The molecular formula is C27H21ClFN3OS2. The molecule has 0 spiro atoms. The Balaban J connectivity index is 1.50. The second-order valence-corrected chi connectivity index (χ2v) is 10.4. The van der Waals surface area contributed by atoms with E-state index < -0.39 is 0 Å². The van der Waals surface area contributed by atoms with Crippen LogP contribution in [0.5, 0.6) is 0 Å². The summed E-state index contributed by atoms with van der Waals surface area (Å²) in [6, 6.07) is 20.2. The Labute approximate surface area is 217 Å². The predicted octanol–water partition coefficient (Wildman–Crippen LogP) is 6.95. The minimum absolute atomic E-state index is 0.161. The lowest BCUT2D eigenvalue weighted by molar-refractivity contribution is -0.113. The van der Waals surface area contributed by atoms with Crippen molar-refractivity contribution in [3.05, 3.63) is 99.8 Å². The zero-order chi connectivity index (χ0) is 24.7. The van der Waals surface area contributed by atoms with Crippen LogP contribution in [0.4, 0.5) is 15.8 Å². The molecule has 1 saturated heterocycles. The number of carbonyl (C=O) groups excluding carboxylic acids is 1. The molecule has 1 fully saturated rings. The fourth-order valence-electron chi connectivity index (χ4n) is 4.11. The Morgan fingerprint density at radius 2 is 1.80 bits per heavy atom. The molecule has 0 aliphatic carbocycles. The van der Waals surface area contributed by atoms with E-state index in [1.54, 1.807) is 17.0 Å². The molecule has 0 radical (unpaired) electrons. The minimum Gasteiger partial charge on any atom is -0.378 e. The summed E-state index contributed by atoms with van der Waals surface area (Å²) in [5, 5.41) is 1.34. The van der Waals surface area contributed by atoms with Crippen LogP contribution in [0.15, 0.2) is 77.8 Å². The standard InChI is InChI=1S/C27H21ClFN3OS2/c1-30(2)18-10-12-19(13-11-18)32-26(33)25(35-27(32)34)14-17-15-31(24-9-4-3-6-20(17)24)16-21-22(28)7-5-8-23(21)29/h3-15H,16H2,1-2H3/b25-14+. The Kier molecular flexibility index (Phi) is 6.40. The minimum atomic E-state index is -0.349. The van der Waals surface area contributed by atoms with E-state index in [1.807, 2.05) is 84.4 Å². The fraction of sp³-hybridized carbons (Fsp3) is 0.111. The number of fused-ring (bicyclic) bond motifs is 1.